The van der Waals surface area contributed by atoms with E-state index in [1.165, 1.54) is 0 Å². The topological polar surface area (TPSA) is 82.1 Å². The zero-order chi connectivity index (χ0) is 11.2. The van der Waals surface area contributed by atoms with Gasteiger partial charge in [-0.15, -0.1) is 0 Å². The van der Waals surface area contributed by atoms with E-state index in [1.807, 2.05) is 0 Å². The van der Waals surface area contributed by atoms with Crippen LogP contribution in [0.4, 0.5) is 0 Å². The van der Waals surface area contributed by atoms with Crippen LogP contribution in [0, 0.1) is 0 Å². The largest absolute Gasteiger partial charge is 0.449 e. The Hall–Kier alpha value is -0.980. The fraction of sp³-hybridized carbons (Fsp3) is 0.778. The monoisotopic (exact) mass is 216 g/mol. The lowest BCUT2D eigenvalue weighted by atomic mass is 10.1. The molecule has 0 aliphatic carbocycles. The van der Waals surface area contributed by atoms with Crippen molar-refractivity contribution in [2.24, 2.45) is 0 Å². The van der Waals surface area contributed by atoms with Crippen LogP contribution in [-0.4, -0.2) is 47.6 Å². The Morgan fingerprint density at radius 1 is 1.40 bits per heavy atom. The Morgan fingerprint density at radius 3 is 2.47 bits per heavy atom. The molecule has 2 rings (SSSR count). The van der Waals surface area contributed by atoms with E-state index in [1.54, 1.807) is 13.8 Å². The van der Waals surface area contributed by atoms with Gasteiger partial charge in [-0.05, 0) is 13.8 Å². The van der Waals surface area contributed by atoms with Crippen molar-refractivity contribution >= 4 is 11.8 Å². The van der Waals surface area contributed by atoms with Gasteiger partial charge in [0.15, 0.2) is 11.9 Å². The van der Waals surface area contributed by atoms with Crippen LogP contribution in [0.25, 0.3) is 0 Å². The highest BCUT2D eigenvalue weighted by Crippen LogP contribution is 2.28. The van der Waals surface area contributed by atoms with Gasteiger partial charge in [0.1, 0.15) is 6.10 Å². The average Bonchev–Trinajstić information content (AvgIpc) is 2.62. The molecule has 1 N–H and O–H groups in total. The number of rotatable bonds is 1. The van der Waals surface area contributed by atoms with E-state index in [-0.39, 0.29) is 6.61 Å². The maximum atomic E-state index is 11.4. The maximum absolute atomic E-state index is 11.4. The predicted molar refractivity (Wildman–Crippen MR) is 45.8 cm³/mol. The number of carbonyl (C=O) groups excluding carboxylic acids is 2. The van der Waals surface area contributed by atoms with E-state index in [0.717, 1.165) is 0 Å². The van der Waals surface area contributed by atoms with Crippen molar-refractivity contribution in [1.29, 1.82) is 0 Å². The number of hydrogen-bond donors (Lipinski definition) is 1. The van der Waals surface area contributed by atoms with Crippen molar-refractivity contribution in [2.45, 2.75) is 37.9 Å². The minimum Gasteiger partial charge on any atom is -0.449 e. The highest BCUT2D eigenvalue weighted by molar-refractivity contribution is 6.09. The van der Waals surface area contributed by atoms with E-state index in [9.17, 15) is 9.59 Å². The van der Waals surface area contributed by atoms with Gasteiger partial charge in [0.25, 0.3) is 0 Å². The summed E-state index contributed by atoms with van der Waals surface area (Å²) in [6.45, 7) is 3.57. The van der Waals surface area contributed by atoms with Crippen molar-refractivity contribution < 1.29 is 28.9 Å². The first kappa shape index (κ1) is 10.5. The van der Waals surface area contributed by atoms with Crippen LogP contribution in [0.2, 0.25) is 0 Å². The third kappa shape index (κ3) is 1.75. The molecule has 0 spiro atoms. The minimum absolute atomic E-state index is 0.170. The second-order valence-corrected chi connectivity index (χ2v) is 4.03. The normalized spacial score (nSPS) is 39.5. The van der Waals surface area contributed by atoms with Crippen LogP contribution in [-0.2, 0) is 23.8 Å². The maximum Gasteiger partial charge on any atom is 0.343 e. The number of ether oxygens (including phenoxy) is 3. The van der Waals surface area contributed by atoms with Gasteiger partial charge in [-0.25, -0.2) is 4.79 Å². The summed E-state index contributed by atoms with van der Waals surface area (Å²) in [5.74, 6) is -2.37. The van der Waals surface area contributed by atoms with Crippen LogP contribution in [0.5, 0.6) is 0 Å². The number of hydrogen-bond acceptors (Lipinski definition) is 6. The summed E-state index contributed by atoms with van der Waals surface area (Å²) >= 11 is 0. The molecule has 2 fully saturated rings. The standard InChI is InChI=1S/C9H12O6/c1-9(2)13-3-4(15-9)7-5(10)6(11)8(12)14-7/h4,6-7,11H,3H2,1-2H3/t4-,6?,7-/m1/s1. The number of carbonyl (C=O) groups is 2. The Bertz CT molecular complexity index is 310. The van der Waals surface area contributed by atoms with Crippen molar-refractivity contribution in [2.75, 3.05) is 6.61 Å². The van der Waals surface area contributed by atoms with E-state index in [0.29, 0.717) is 0 Å². The predicted octanol–water partition coefficient (Wildman–Crippen LogP) is -1.01. The molecule has 6 heteroatoms. The fourth-order valence-corrected chi connectivity index (χ4v) is 1.64. The van der Waals surface area contributed by atoms with Gasteiger partial charge in [-0.2, -0.15) is 0 Å². The molecule has 0 aromatic rings. The number of aliphatic hydroxyl groups excluding tert-OH is 1. The van der Waals surface area contributed by atoms with Crippen LogP contribution in [0.3, 0.4) is 0 Å². The average molecular weight is 216 g/mol. The van der Waals surface area contributed by atoms with Crippen LogP contribution >= 0.6 is 0 Å². The number of esters is 1. The van der Waals surface area contributed by atoms with Crippen molar-refractivity contribution in [3.63, 3.8) is 0 Å². The molecule has 15 heavy (non-hydrogen) atoms. The third-order valence-corrected chi connectivity index (χ3v) is 2.38. The molecule has 0 saturated carbocycles. The fourth-order valence-electron chi connectivity index (χ4n) is 1.64. The van der Waals surface area contributed by atoms with Gasteiger partial charge in [-0.1, -0.05) is 0 Å². The summed E-state index contributed by atoms with van der Waals surface area (Å²) in [7, 11) is 0. The van der Waals surface area contributed by atoms with Gasteiger partial charge in [-0.3, -0.25) is 4.79 Å². The van der Waals surface area contributed by atoms with E-state index in [2.05, 4.69) is 0 Å². The van der Waals surface area contributed by atoms with Crippen LogP contribution < -0.4 is 0 Å². The summed E-state index contributed by atoms with van der Waals surface area (Å²) in [5.41, 5.74) is 0. The molecule has 0 bridgehead atoms. The van der Waals surface area contributed by atoms with Gasteiger partial charge in [0, 0.05) is 0 Å². The second-order valence-electron chi connectivity index (χ2n) is 4.03. The van der Waals surface area contributed by atoms with E-state index < -0.39 is 35.9 Å². The van der Waals surface area contributed by atoms with E-state index in [4.69, 9.17) is 19.3 Å². The highest BCUT2D eigenvalue weighted by Gasteiger charge is 2.50. The van der Waals surface area contributed by atoms with Crippen LogP contribution in [0.1, 0.15) is 13.8 Å². The molecule has 2 saturated heterocycles. The molecule has 2 heterocycles. The quantitative estimate of drug-likeness (QED) is 0.447. The Labute approximate surface area is 86.1 Å². The smallest absolute Gasteiger partial charge is 0.343 e. The molecular formula is C9H12O6. The first-order valence-electron chi connectivity index (χ1n) is 4.65. The van der Waals surface area contributed by atoms with Gasteiger partial charge >= 0.3 is 5.97 Å². The zero-order valence-electron chi connectivity index (χ0n) is 8.43. The van der Waals surface area contributed by atoms with Gasteiger partial charge in [0.2, 0.25) is 11.9 Å². The molecule has 0 radical (unpaired) electrons. The number of cyclic esters (lactones) is 1. The first-order valence-corrected chi connectivity index (χ1v) is 4.65. The SMILES string of the molecule is CC1(C)OC[C@H]([C@H]2OC(=O)C(O)C2=O)O1. The first-order chi connectivity index (χ1) is 6.91. The van der Waals surface area contributed by atoms with Crippen LogP contribution in [0.15, 0.2) is 0 Å². The highest BCUT2D eigenvalue weighted by atomic mass is 16.8. The molecular weight excluding hydrogens is 204 g/mol. The zero-order valence-corrected chi connectivity index (χ0v) is 8.43. The number of aliphatic hydroxyl groups is 1. The second kappa shape index (κ2) is 3.26. The molecule has 2 aliphatic heterocycles. The number of Topliss-reactive ketones (excluding diaryl/α,β-unsaturated/α-hetero) is 1. The van der Waals surface area contributed by atoms with Crippen molar-refractivity contribution in [1.82, 2.24) is 0 Å². The lowest BCUT2D eigenvalue weighted by Gasteiger charge is -2.18. The summed E-state index contributed by atoms with van der Waals surface area (Å²) in [5, 5.41) is 9.11. The lowest BCUT2D eigenvalue weighted by molar-refractivity contribution is -0.164. The summed E-state index contributed by atoms with van der Waals surface area (Å²) in [6.07, 6.45) is -3.36. The molecule has 6 nitrogen and oxygen atoms in total. The molecule has 0 aromatic heterocycles. The Kier molecular flexibility index (Phi) is 2.29. The summed E-state index contributed by atoms with van der Waals surface area (Å²) in [6, 6.07) is 0. The summed E-state index contributed by atoms with van der Waals surface area (Å²) in [4.78, 5) is 22.3. The Morgan fingerprint density at radius 2 is 2.07 bits per heavy atom. The van der Waals surface area contributed by atoms with Crippen molar-refractivity contribution in [3.8, 4) is 0 Å². The van der Waals surface area contributed by atoms with Gasteiger partial charge in [0.05, 0.1) is 6.61 Å². The molecule has 84 valence electrons. The van der Waals surface area contributed by atoms with Gasteiger partial charge < -0.3 is 19.3 Å². The Balaban J connectivity index is 2.08. The minimum atomic E-state index is -1.68. The molecule has 1 unspecified atom stereocenters. The summed E-state index contributed by atoms with van der Waals surface area (Å²) < 4.78 is 15.3. The molecule has 0 aromatic carbocycles. The third-order valence-electron chi connectivity index (χ3n) is 2.38. The molecule has 0 amide bonds. The van der Waals surface area contributed by atoms with E-state index >= 15 is 0 Å². The molecule has 3 atom stereocenters. The van der Waals surface area contributed by atoms with Crippen molar-refractivity contribution in [3.05, 3.63) is 0 Å². The lowest BCUT2D eigenvalue weighted by Crippen LogP contribution is -2.37. The number of ketones is 1. The molecule has 2 aliphatic rings.